The summed E-state index contributed by atoms with van der Waals surface area (Å²) in [6, 6.07) is 2.90. The summed E-state index contributed by atoms with van der Waals surface area (Å²) in [4.78, 5) is 28.8. The van der Waals surface area contributed by atoms with E-state index in [9.17, 15) is 14.0 Å². The summed E-state index contributed by atoms with van der Waals surface area (Å²) < 4.78 is 17.1. The Labute approximate surface area is 217 Å². The first-order valence-electron chi connectivity index (χ1n) is 12.8. The van der Waals surface area contributed by atoms with Crippen LogP contribution in [0.5, 0.6) is 0 Å². The normalized spacial score (nSPS) is 15.9. The molecule has 37 heavy (non-hydrogen) atoms. The fourth-order valence-electron chi connectivity index (χ4n) is 4.68. The zero-order valence-electron chi connectivity index (χ0n) is 22.3. The highest BCUT2D eigenvalue weighted by atomic mass is 19.1. The van der Waals surface area contributed by atoms with Gasteiger partial charge in [0.05, 0.1) is 5.56 Å². The second-order valence-corrected chi connectivity index (χ2v) is 9.85. The number of carbonyl (C=O) groups is 2. The minimum Gasteiger partial charge on any atom is -0.331 e. The molecule has 4 rings (SSSR count). The second-order valence-electron chi connectivity index (χ2n) is 9.85. The Hall–Kier alpha value is -3.75. The number of aryl methyl sites for hydroxylation is 1. The van der Waals surface area contributed by atoms with Crippen molar-refractivity contribution in [3.05, 3.63) is 75.8 Å². The summed E-state index contributed by atoms with van der Waals surface area (Å²) in [6.45, 7) is 7.73. The Balaban J connectivity index is 1.52. The lowest BCUT2D eigenvalue weighted by molar-refractivity contribution is 0.0962. The number of fused-ring (bicyclic) bond motifs is 2. The number of aromatic nitrogens is 3. The number of benzene rings is 1. The van der Waals surface area contributed by atoms with Crippen molar-refractivity contribution in [3.63, 3.8) is 0 Å². The van der Waals surface area contributed by atoms with Crippen molar-refractivity contribution in [3.8, 4) is 0 Å². The Morgan fingerprint density at radius 1 is 1.14 bits per heavy atom. The van der Waals surface area contributed by atoms with Gasteiger partial charge in [-0.2, -0.15) is 0 Å². The summed E-state index contributed by atoms with van der Waals surface area (Å²) in [5.41, 5.74) is 4.18. The van der Waals surface area contributed by atoms with E-state index in [1.54, 1.807) is 25.1 Å². The maximum atomic E-state index is 15.0. The minimum absolute atomic E-state index is 0.0292. The quantitative estimate of drug-likeness (QED) is 0.586. The monoisotopic (exact) mass is 506 g/mol. The maximum absolute atomic E-state index is 15.0. The van der Waals surface area contributed by atoms with Gasteiger partial charge < -0.3 is 19.7 Å². The SMILES string of the molecule is CC/C(C)=C(/C=C\C=C(/C)c1nnc2n1CCC2)NC(=O)c1cc2c(cc1F)CCN(C(=O)N(C)C)C2. The number of nitrogens with one attached hydrogen (secondary N) is 1. The second kappa shape index (κ2) is 11.1. The zero-order valence-corrected chi connectivity index (χ0v) is 22.3. The summed E-state index contributed by atoms with van der Waals surface area (Å²) in [7, 11) is 3.41. The van der Waals surface area contributed by atoms with E-state index in [-0.39, 0.29) is 11.6 Å². The van der Waals surface area contributed by atoms with E-state index in [1.165, 1.54) is 11.0 Å². The number of urea groups is 1. The average molecular weight is 507 g/mol. The third kappa shape index (κ3) is 5.65. The molecule has 196 valence electrons. The highest BCUT2D eigenvalue weighted by Crippen LogP contribution is 2.24. The van der Waals surface area contributed by atoms with Crippen LogP contribution in [-0.2, 0) is 25.9 Å². The van der Waals surface area contributed by atoms with E-state index in [1.807, 2.05) is 39.0 Å². The van der Waals surface area contributed by atoms with Crippen LogP contribution in [0.25, 0.3) is 5.57 Å². The van der Waals surface area contributed by atoms with E-state index in [0.29, 0.717) is 25.2 Å². The predicted molar refractivity (Wildman–Crippen MR) is 141 cm³/mol. The summed E-state index contributed by atoms with van der Waals surface area (Å²) in [5, 5.41) is 11.5. The number of amides is 3. The summed E-state index contributed by atoms with van der Waals surface area (Å²) in [5.74, 6) is 0.803. The van der Waals surface area contributed by atoms with E-state index in [2.05, 4.69) is 20.1 Å². The average Bonchev–Trinajstić information content (AvgIpc) is 3.50. The molecule has 3 heterocycles. The third-order valence-electron chi connectivity index (χ3n) is 7.01. The van der Waals surface area contributed by atoms with Crippen molar-refractivity contribution in [1.82, 2.24) is 29.9 Å². The number of carbonyl (C=O) groups excluding carboxylic acids is 2. The highest BCUT2D eigenvalue weighted by Gasteiger charge is 2.25. The standard InChI is InChI=1S/C28H35FN6O2/c1-6-18(2)24(10-7-9-19(3)26-32-31-25-11-8-13-35(25)26)30-27(36)22-15-21-17-34(28(37)33(4)5)14-12-20(21)16-23(22)29/h7,9-10,15-16H,6,8,11-14,17H2,1-5H3,(H,30,36)/b10-7-,19-9+,24-18-. The lowest BCUT2D eigenvalue weighted by atomic mass is 9.96. The van der Waals surface area contributed by atoms with Crippen LogP contribution in [0.2, 0.25) is 0 Å². The van der Waals surface area contributed by atoms with Crippen molar-refractivity contribution >= 4 is 17.5 Å². The molecule has 0 aliphatic carbocycles. The molecule has 2 aliphatic heterocycles. The molecule has 9 heteroatoms. The number of halogens is 1. The molecule has 0 bridgehead atoms. The van der Waals surface area contributed by atoms with Gasteiger partial charge in [-0.15, -0.1) is 10.2 Å². The summed E-state index contributed by atoms with van der Waals surface area (Å²) >= 11 is 0. The van der Waals surface area contributed by atoms with Crippen molar-refractivity contribution in [2.45, 2.75) is 59.5 Å². The van der Waals surface area contributed by atoms with E-state index in [0.717, 1.165) is 59.7 Å². The Morgan fingerprint density at radius 3 is 2.65 bits per heavy atom. The van der Waals surface area contributed by atoms with Crippen LogP contribution in [0.15, 0.2) is 41.6 Å². The molecule has 1 aromatic heterocycles. The lowest BCUT2D eigenvalue weighted by Gasteiger charge is -2.31. The van der Waals surface area contributed by atoms with Crippen LogP contribution in [-0.4, -0.2) is 57.1 Å². The van der Waals surface area contributed by atoms with Crippen LogP contribution < -0.4 is 5.32 Å². The van der Waals surface area contributed by atoms with Gasteiger partial charge in [-0.1, -0.05) is 19.1 Å². The zero-order chi connectivity index (χ0) is 26.7. The van der Waals surface area contributed by atoms with E-state index < -0.39 is 11.7 Å². The van der Waals surface area contributed by atoms with Gasteiger partial charge in [0.25, 0.3) is 5.91 Å². The molecule has 0 unspecified atom stereocenters. The number of nitrogens with zero attached hydrogens (tertiary/aromatic N) is 5. The fourth-order valence-corrected chi connectivity index (χ4v) is 4.68. The predicted octanol–water partition coefficient (Wildman–Crippen LogP) is 4.48. The molecule has 0 saturated carbocycles. The Morgan fingerprint density at radius 2 is 1.92 bits per heavy atom. The Bertz CT molecular complexity index is 1300. The summed E-state index contributed by atoms with van der Waals surface area (Å²) in [6.07, 6.45) is 8.96. The number of hydrogen-bond acceptors (Lipinski definition) is 4. The highest BCUT2D eigenvalue weighted by molar-refractivity contribution is 5.96. The maximum Gasteiger partial charge on any atom is 0.319 e. The van der Waals surface area contributed by atoms with Gasteiger partial charge in [-0.25, -0.2) is 9.18 Å². The molecule has 3 amide bonds. The topological polar surface area (TPSA) is 83.4 Å². The van der Waals surface area contributed by atoms with Crippen LogP contribution in [0.4, 0.5) is 9.18 Å². The first-order valence-corrected chi connectivity index (χ1v) is 12.8. The fraction of sp³-hybridized carbons (Fsp3) is 0.429. The first-order chi connectivity index (χ1) is 17.7. The molecule has 8 nitrogen and oxygen atoms in total. The molecular weight excluding hydrogens is 471 g/mol. The van der Waals surface area contributed by atoms with Crippen LogP contribution in [0.3, 0.4) is 0 Å². The smallest absolute Gasteiger partial charge is 0.319 e. The molecule has 0 fully saturated rings. The first kappa shape index (κ1) is 26.3. The third-order valence-corrected chi connectivity index (χ3v) is 7.01. The van der Waals surface area contributed by atoms with Gasteiger partial charge >= 0.3 is 6.03 Å². The van der Waals surface area contributed by atoms with Gasteiger partial charge in [0.2, 0.25) is 0 Å². The molecule has 0 saturated heterocycles. The van der Waals surface area contributed by atoms with Gasteiger partial charge in [-0.3, -0.25) is 4.79 Å². The molecule has 0 spiro atoms. The number of allylic oxidation sites excluding steroid dienone is 5. The number of hydrogen-bond donors (Lipinski definition) is 1. The molecule has 1 aromatic carbocycles. The molecule has 2 aliphatic rings. The molecular formula is C28H35FN6O2. The van der Waals surface area contributed by atoms with Gasteiger partial charge in [-0.05, 0) is 73.6 Å². The van der Waals surface area contributed by atoms with Crippen molar-refractivity contribution < 1.29 is 14.0 Å². The van der Waals surface area contributed by atoms with Crippen molar-refractivity contribution in [2.24, 2.45) is 0 Å². The van der Waals surface area contributed by atoms with Crippen molar-refractivity contribution in [2.75, 3.05) is 20.6 Å². The van der Waals surface area contributed by atoms with E-state index in [4.69, 9.17) is 0 Å². The van der Waals surface area contributed by atoms with Crippen LogP contribution >= 0.6 is 0 Å². The van der Waals surface area contributed by atoms with Gasteiger partial charge in [0.1, 0.15) is 11.6 Å². The molecule has 2 aromatic rings. The van der Waals surface area contributed by atoms with Crippen LogP contribution in [0.1, 0.15) is 66.7 Å². The minimum atomic E-state index is -0.558. The molecule has 1 N–H and O–H groups in total. The van der Waals surface area contributed by atoms with Crippen molar-refractivity contribution in [1.29, 1.82) is 0 Å². The lowest BCUT2D eigenvalue weighted by Crippen LogP contribution is -2.42. The van der Waals surface area contributed by atoms with Crippen LogP contribution in [0, 0.1) is 5.82 Å². The van der Waals surface area contributed by atoms with Gasteiger partial charge in [0, 0.05) is 45.8 Å². The number of rotatable bonds is 6. The molecule has 0 atom stereocenters. The largest absolute Gasteiger partial charge is 0.331 e. The Kier molecular flexibility index (Phi) is 7.90. The molecule has 0 radical (unpaired) electrons. The van der Waals surface area contributed by atoms with Gasteiger partial charge in [0.15, 0.2) is 5.82 Å². The van der Waals surface area contributed by atoms with E-state index >= 15 is 0 Å².